The van der Waals surface area contributed by atoms with E-state index in [2.05, 4.69) is 49.0 Å². The van der Waals surface area contributed by atoms with E-state index in [9.17, 15) is 25.2 Å². The van der Waals surface area contributed by atoms with E-state index < -0.39 is 12.1 Å². The van der Waals surface area contributed by atoms with E-state index in [0.717, 1.165) is 49.4 Å². The lowest BCUT2D eigenvalue weighted by molar-refractivity contribution is -0.849. The lowest BCUT2D eigenvalue weighted by Gasteiger charge is -2.63. The molecule has 0 radical (unpaired) electrons. The second kappa shape index (κ2) is 9.99. The highest BCUT2D eigenvalue weighted by Crippen LogP contribution is 2.68. The molecular weight excluding hydrogens is 430 g/mol. The van der Waals surface area contributed by atoms with Crippen molar-refractivity contribution in [1.82, 2.24) is 0 Å². The number of rotatable bonds is 4. The Morgan fingerprint density at radius 1 is 1.00 bits per heavy atom. The van der Waals surface area contributed by atoms with Crippen molar-refractivity contribution in [3.63, 3.8) is 0 Å². The van der Waals surface area contributed by atoms with Crippen LogP contribution in [0.1, 0.15) is 78.6 Å². The number of aliphatic carboxylic acids is 1. The predicted octanol–water partition coefficient (Wildman–Crippen LogP) is 2.44. The van der Waals surface area contributed by atoms with Crippen LogP contribution in [0.25, 0.3) is 0 Å². The number of carboxylic acid groups (broad SMARTS) is 1. The molecule has 4 aliphatic rings. The number of hydrogen-bond donors (Lipinski definition) is 3. The zero-order valence-electron chi connectivity index (χ0n) is 22.7. The molecule has 11 atom stereocenters. The van der Waals surface area contributed by atoms with Gasteiger partial charge in [-0.25, -0.2) is 0 Å². The fraction of sp³-hybridized carbons (Fsp3) is 0.964. The first-order valence-electron chi connectivity index (χ1n) is 13.6. The summed E-state index contributed by atoms with van der Waals surface area (Å²) in [6.07, 6.45) is 5.72. The molecule has 6 nitrogen and oxygen atoms in total. The van der Waals surface area contributed by atoms with Gasteiger partial charge in [0.25, 0.3) is 0 Å². The number of hydrogen-bond acceptors (Lipinski definition) is 5. The second-order valence-corrected chi connectivity index (χ2v) is 14.1. The number of nitrogens with zero attached hydrogens (tertiary/aromatic N) is 1. The van der Waals surface area contributed by atoms with Gasteiger partial charge in [-0.2, -0.15) is 0 Å². The van der Waals surface area contributed by atoms with Gasteiger partial charge in [0.2, 0.25) is 0 Å². The van der Waals surface area contributed by atoms with Crippen molar-refractivity contribution in [2.45, 2.75) is 96.9 Å². The molecule has 0 aromatic rings. The number of carbonyl (C=O) groups excluding carboxylic acids is 1. The van der Waals surface area contributed by atoms with E-state index in [4.69, 9.17) is 0 Å². The molecule has 0 amide bonds. The van der Waals surface area contributed by atoms with Gasteiger partial charge >= 0.3 is 0 Å². The molecule has 0 bridgehead atoms. The first-order chi connectivity index (χ1) is 15.6. The maximum Gasteiger partial charge on any atom is 0.0675 e. The maximum atomic E-state index is 11.5. The molecule has 3 N–H and O–H groups in total. The molecule has 0 heterocycles. The van der Waals surface area contributed by atoms with E-state index in [0.29, 0.717) is 18.3 Å². The number of aliphatic hydroxyl groups excluding tert-OH is 3. The Morgan fingerprint density at radius 2 is 1.62 bits per heavy atom. The topological polar surface area (TPSA) is 101 Å². The molecule has 4 aliphatic carbocycles. The molecule has 4 saturated carbocycles. The van der Waals surface area contributed by atoms with Crippen molar-refractivity contribution in [3.05, 3.63) is 0 Å². The summed E-state index contributed by atoms with van der Waals surface area (Å²) in [5.41, 5.74) is -0.172. The largest absolute Gasteiger partial charge is 0.550 e. The summed E-state index contributed by atoms with van der Waals surface area (Å²) in [7, 11) is 8.50. The van der Waals surface area contributed by atoms with Crippen molar-refractivity contribution < 1.29 is 29.7 Å². The van der Waals surface area contributed by atoms with Crippen LogP contribution in [0.2, 0.25) is 0 Å². The van der Waals surface area contributed by atoms with E-state index in [1.807, 2.05) is 0 Å². The summed E-state index contributed by atoms with van der Waals surface area (Å²) in [6, 6.07) is 0. The first kappa shape index (κ1) is 27.9. The lowest BCUT2D eigenvalue weighted by Crippen LogP contribution is -2.62. The number of carboxylic acids is 1. The molecule has 0 aliphatic heterocycles. The standard InChI is InChI=1S/C24H40O5.C4H12N/c1-13(4-7-21(28)29)16-5-6-17-22-18(12-20(27)24(16,17)3)23(2)9-8-15(25)10-14(23)11-19(22)26;1-5(2,3)4/h13-20,22,25-27H,4-12H2,1-3H3,(H,28,29);1-4H3/q;+1/p-1/t13-,14+,15-,16-,17+,18+,19-,20+,22+,23+,24-;/m1./s1. The molecule has 0 saturated heterocycles. The number of fused-ring (bicyclic) bond motifs is 5. The minimum absolute atomic E-state index is 0.0747. The second-order valence-electron chi connectivity index (χ2n) is 14.1. The van der Waals surface area contributed by atoms with Gasteiger partial charge in [0.15, 0.2) is 0 Å². The average Bonchev–Trinajstić information content (AvgIpc) is 3.05. The van der Waals surface area contributed by atoms with Crippen LogP contribution in [-0.2, 0) is 4.79 Å². The molecule has 4 rings (SSSR count). The van der Waals surface area contributed by atoms with E-state index >= 15 is 0 Å². The third kappa shape index (κ3) is 5.35. The molecular formula is C28H51NO5. The van der Waals surface area contributed by atoms with Crippen LogP contribution in [0, 0.1) is 46.3 Å². The fourth-order valence-corrected chi connectivity index (χ4v) is 8.68. The molecule has 6 heteroatoms. The van der Waals surface area contributed by atoms with Crippen molar-refractivity contribution in [2.24, 2.45) is 46.3 Å². The zero-order chi connectivity index (χ0) is 25.6. The molecule has 0 unspecified atom stereocenters. The third-order valence-electron chi connectivity index (χ3n) is 10.3. The SMILES string of the molecule is C[C@H](CCC(=O)[O-])[C@H]1CC[C@H]2[C@@H]3[C@H](O)C[C@@H]4C[C@H](O)CC[C@]4(C)[C@H]3C[C@H](O)[C@]12C.C[N+](C)(C)C. The average molecular weight is 482 g/mol. The van der Waals surface area contributed by atoms with Gasteiger partial charge in [0, 0.05) is 5.97 Å². The maximum absolute atomic E-state index is 11.5. The lowest BCUT2D eigenvalue weighted by atomic mass is 9.43. The van der Waals surface area contributed by atoms with Crippen molar-refractivity contribution in [1.29, 1.82) is 0 Å². The molecule has 4 fully saturated rings. The van der Waals surface area contributed by atoms with Gasteiger partial charge < -0.3 is 29.7 Å². The minimum Gasteiger partial charge on any atom is -0.550 e. The summed E-state index contributed by atoms with van der Waals surface area (Å²) < 4.78 is 1.00. The Morgan fingerprint density at radius 3 is 2.21 bits per heavy atom. The molecule has 198 valence electrons. The highest BCUT2D eigenvalue weighted by atomic mass is 16.4. The van der Waals surface area contributed by atoms with Crippen LogP contribution < -0.4 is 5.11 Å². The van der Waals surface area contributed by atoms with Crippen LogP contribution in [0.5, 0.6) is 0 Å². The Hall–Kier alpha value is -0.690. The zero-order valence-corrected chi connectivity index (χ0v) is 22.7. The van der Waals surface area contributed by atoms with Crippen molar-refractivity contribution >= 4 is 5.97 Å². The van der Waals surface area contributed by atoms with Crippen molar-refractivity contribution in [2.75, 3.05) is 28.2 Å². The van der Waals surface area contributed by atoms with Crippen LogP contribution >= 0.6 is 0 Å². The van der Waals surface area contributed by atoms with Gasteiger partial charge in [0.05, 0.1) is 46.5 Å². The van der Waals surface area contributed by atoms with Gasteiger partial charge in [-0.05, 0) is 104 Å². The number of aliphatic hydroxyl groups is 3. The summed E-state index contributed by atoms with van der Waals surface area (Å²) in [5.74, 6) is 0.635. The number of carbonyl (C=O) groups is 1. The monoisotopic (exact) mass is 481 g/mol. The normalized spacial score (nSPS) is 46.9. The predicted molar refractivity (Wildman–Crippen MR) is 131 cm³/mol. The molecule has 0 spiro atoms. The number of quaternary nitrogens is 1. The Kier molecular flexibility index (Phi) is 8.19. The van der Waals surface area contributed by atoms with Crippen LogP contribution in [0.15, 0.2) is 0 Å². The van der Waals surface area contributed by atoms with E-state index in [-0.39, 0.29) is 53.1 Å². The minimum atomic E-state index is -0.998. The molecule has 0 aromatic heterocycles. The third-order valence-corrected chi connectivity index (χ3v) is 10.3. The van der Waals surface area contributed by atoms with Gasteiger partial charge in [-0.1, -0.05) is 20.8 Å². The summed E-state index contributed by atoms with van der Waals surface area (Å²) in [4.78, 5) is 11.0. The van der Waals surface area contributed by atoms with E-state index in [1.54, 1.807) is 0 Å². The van der Waals surface area contributed by atoms with E-state index in [1.165, 1.54) is 0 Å². The van der Waals surface area contributed by atoms with Crippen LogP contribution in [0.3, 0.4) is 0 Å². The summed E-state index contributed by atoms with van der Waals surface area (Å²) in [5, 5.41) is 43.9. The highest BCUT2D eigenvalue weighted by molar-refractivity contribution is 5.64. The molecule has 0 aromatic carbocycles. The van der Waals surface area contributed by atoms with Gasteiger partial charge in [0.1, 0.15) is 0 Å². The fourth-order valence-electron chi connectivity index (χ4n) is 8.68. The first-order valence-corrected chi connectivity index (χ1v) is 13.6. The van der Waals surface area contributed by atoms with Gasteiger partial charge in [-0.3, -0.25) is 0 Å². The van der Waals surface area contributed by atoms with Crippen molar-refractivity contribution in [3.8, 4) is 0 Å². The quantitative estimate of drug-likeness (QED) is 0.536. The van der Waals surface area contributed by atoms with Crippen LogP contribution in [-0.4, -0.2) is 72.3 Å². The Balaban J connectivity index is 0.000000588. The van der Waals surface area contributed by atoms with Gasteiger partial charge in [-0.15, -0.1) is 0 Å². The summed E-state index contributed by atoms with van der Waals surface area (Å²) >= 11 is 0. The smallest absolute Gasteiger partial charge is 0.0675 e. The highest BCUT2D eigenvalue weighted by Gasteiger charge is 2.65. The van der Waals surface area contributed by atoms with Crippen LogP contribution in [0.4, 0.5) is 0 Å². The molecule has 34 heavy (non-hydrogen) atoms. The Labute approximate surface area is 207 Å². The Bertz CT molecular complexity index is 716. The summed E-state index contributed by atoms with van der Waals surface area (Å²) in [6.45, 7) is 6.67.